The van der Waals surface area contributed by atoms with Gasteiger partial charge in [0.2, 0.25) is 5.88 Å². The van der Waals surface area contributed by atoms with Crippen molar-refractivity contribution in [2.45, 2.75) is 31.7 Å². The maximum atomic E-state index is 12.5. The number of hydrogen-bond acceptors (Lipinski definition) is 3. The van der Waals surface area contributed by atoms with Crippen molar-refractivity contribution in [1.82, 2.24) is 4.98 Å². The summed E-state index contributed by atoms with van der Waals surface area (Å²) in [6, 6.07) is 1.83. The minimum absolute atomic E-state index is 0.125. The van der Waals surface area contributed by atoms with Crippen LogP contribution in [0.5, 0.6) is 5.88 Å². The number of halogens is 6. The number of alkyl halides is 6. The van der Waals surface area contributed by atoms with E-state index in [2.05, 4.69) is 4.98 Å². The third-order valence-corrected chi connectivity index (χ3v) is 2.29. The highest BCUT2D eigenvalue weighted by Crippen LogP contribution is 2.30. The molecule has 0 spiro atoms. The van der Waals surface area contributed by atoms with Gasteiger partial charge in [-0.2, -0.15) is 26.3 Å². The fourth-order valence-corrected chi connectivity index (χ4v) is 1.35. The summed E-state index contributed by atoms with van der Waals surface area (Å²) < 4.78 is 77.9. The van der Waals surface area contributed by atoms with Crippen LogP contribution in [0, 0.1) is 0 Å². The topological polar surface area (TPSA) is 48.1 Å². The summed E-state index contributed by atoms with van der Waals surface area (Å²) >= 11 is 0. The predicted molar refractivity (Wildman–Crippen MR) is 57.9 cm³/mol. The molecule has 0 saturated heterocycles. The average molecular weight is 302 g/mol. The van der Waals surface area contributed by atoms with Crippen molar-refractivity contribution in [2.24, 2.45) is 5.73 Å². The molecule has 0 aromatic carbocycles. The van der Waals surface area contributed by atoms with Crippen molar-refractivity contribution in [3.63, 3.8) is 0 Å². The Labute approximate surface area is 110 Å². The van der Waals surface area contributed by atoms with E-state index >= 15 is 0 Å². The molecule has 0 aliphatic carbocycles. The molecule has 0 radical (unpaired) electrons. The molecule has 0 saturated carbocycles. The first kappa shape index (κ1) is 16.5. The molecule has 2 N–H and O–H groups in total. The average Bonchev–Trinajstić information content (AvgIpc) is 2.32. The van der Waals surface area contributed by atoms with E-state index in [1.807, 2.05) is 0 Å². The number of aromatic nitrogens is 1. The van der Waals surface area contributed by atoms with Crippen molar-refractivity contribution < 1.29 is 31.1 Å². The highest BCUT2D eigenvalue weighted by atomic mass is 19.4. The lowest BCUT2D eigenvalue weighted by Gasteiger charge is -2.13. The molecule has 0 atom stereocenters. The summed E-state index contributed by atoms with van der Waals surface area (Å²) in [5, 5.41) is 0. The molecule has 20 heavy (non-hydrogen) atoms. The molecule has 114 valence electrons. The normalized spacial score (nSPS) is 12.6. The molecule has 0 amide bonds. The number of nitrogens with two attached hydrogens (primary N) is 1. The van der Waals surface area contributed by atoms with Crippen LogP contribution >= 0.6 is 0 Å². The minimum Gasteiger partial charge on any atom is -0.477 e. The van der Waals surface area contributed by atoms with Crippen LogP contribution in [0.4, 0.5) is 26.3 Å². The van der Waals surface area contributed by atoms with Crippen molar-refractivity contribution in [1.29, 1.82) is 0 Å². The lowest BCUT2D eigenvalue weighted by Crippen LogP contribution is -2.14. The van der Waals surface area contributed by atoms with E-state index in [0.717, 1.165) is 12.1 Å². The number of nitrogens with zero attached hydrogens (tertiary/aromatic N) is 1. The standard InChI is InChI=1S/C11H12F6N2O/c12-10(13,14)4-1-5-20-9-7(6-18)2-3-8(19-9)11(15,16)17/h2-3H,1,4-6,18H2. The van der Waals surface area contributed by atoms with Crippen LogP contribution in [-0.4, -0.2) is 17.8 Å². The van der Waals surface area contributed by atoms with Gasteiger partial charge < -0.3 is 10.5 Å². The second-order valence-electron chi connectivity index (χ2n) is 3.93. The molecular weight excluding hydrogens is 290 g/mol. The Hall–Kier alpha value is -1.51. The molecule has 3 nitrogen and oxygen atoms in total. The lowest BCUT2D eigenvalue weighted by molar-refractivity contribution is -0.141. The Kier molecular flexibility index (Phi) is 5.21. The minimum atomic E-state index is -4.66. The van der Waals surface area contributed by atoms with Crippen molar-refractivity contribution in [2.75, 3.05) is 6.61 Å². The zero-order chi connectivity index (χ0) is 15.4. The summed E-state index contributed by atoms with van der Waals surface area (Å²) in [5.74, 6) is -0.385. The smallest absolute Gasteiger partial charge is 0.433 e. The highest BCUT2D eigenvalue weighted by Gasteiger charge is 2.33. The number of hydrogen-bond donors (Lipinski definition) is 1. The van der Waals surface area contributed by atoms with E-state index in [1.54, 1.807) is 0 Å². The predicted octanol–water partition coefficient (Wildman–Crippen LogP) is 3.28. The van der Waals surface area contributed by atoms with Crippen LogP contribution in [0.25, 0.3) is 0 Å². The number of rotatable bonds is 5. The molecule has 0 fully saturated rings. The highest BCUT2D eigenvalue weighted by molar-refractivity contribution is 5.29. The van der Waals surface area contributed by atoms with E-state index in [0.29, 0.717) is 0 Å². The molecule has 1 heterocycles. The van der Waals surface area contributed by atoms with Gasteiger partial charge in [0.15, 0.2) is 0 Å². The molecule has 1 rings (SSSR count). The summed E-state index contributed by atoms with van der Waals surface area (Å²) in [5.41, 5.74) is 4.32. The Balaban J connectivity index is 2.72. The maximum absolute atomic E-state index is 12.5. The van der Waals surface area contributed by atoms with E-state index < -0.39 is 24.5 Å². The summed E-state index contributed by atoms with van der Waals surface area (Å²) in [7, 11) is 0. The van der Waals surface area contributed by atoms with Gasteiger partial charge in [-0.25, -0.2) is 4.98 Å². The largest absolute Gasteiger partial charge is 0.477 e. The van der Waals surface area contributed by atoms with E-state index in [1.165, 1.54) is 0 Å². The van der Waals surface area contributed by atoms with Crippen molar-refractivity contribution in [3.8, 4) is 5.88 Å². The third kappa shape index (κ3) is 5.24. The van der Waals surface area contributed by atoms with Crippen LogP contribution < -0.4 is 10.5 Å². The Morgan fingerprint density at radius 3 is 2.25 bits per heavy atom. The second kappa shape index (κ2) is 6.29. The summed E-state index contributed by atoms with van der Waals surface area (Å²) in [6.45, 7) is -0.513. The molecule has 0 unspecified atom stereocenters. The quantitative estimate of drug-likeness (QED) is 0.671. The van der Waals surface area contributed by atoms with Gasteiger partial charge in [-0.15, -0.1) is 0 Å². The number of ether oxygens (including phenoxy) is 1. The molecule has 1 aromatic rings. The second-order valence-corrected chi connectivity index (χ2v) is 3.93. The fraction of sp³-hybridized carbons (Fsp3) is 0.545. The van der Waals surface area contributed by atoms with E-state index in [-0.39, 0.29) is 31.0 Å². The lowest BCUT2D eigenvalue weighted by atomic mass is 10.2. The molecule has 0 aliphatic heterocycles. The number of pyridine rings is 1. The Morgan fingerprint density at radius 2 is 1.75 bits per heavy atom. The van der Waals surface area contributed by atoms with Gasteiger partial charge in [0.05, 0.1) is 6.61 Å². The van der Waals surface area contributed by atoms with Crippen LogP contribution in [0.1, 0.15) is 24.1 Å². The van der Waals surface area contributed by atoms with Crippen LogP contribution in [-0.2, 0) is 12.7 Å². The Morgan fingerprint density at radius 1 is 1.10 bits per heavy atom. The Bertz CT molecular complexity index is 444. The van der Waals surface area contributed by atoms with E-state index in [9.17, 15) is 26.3 Å². The first-order chi connectivity index (χ1) is 9.13. The third-order valence-electron chi connectivity index (χ3n) is 2.29. The molecule has 0 bridgehead atoms. The fourth-order valence-electron chi connectivity index (χ4n) is 1.35. The van der Waals surface area contributed by atoms with Gasteiger partial charge in [-0.1, -0.05) is 6.07 Å². The molecule has 0 aliphatic rings. The van der Waals surface area contributed by atoms with Crippen molar-refractivity contribution in [3.05, 3.63) is 23.4 Å². The summed E-state index contributed by atoms with van der Waals surface area (Å²) in [4.78, 5) is 3.24. The maximum Gasteiger partial charge on any atom is 0.433 e. The zero-order valence-electron chi connectivity index (χ0n) is 10.2. The van der Waals surface area contributed by atoms with E-state index in [4.69, 9.17) is 10.5 Å². The first-order valence-electron chi connectivity index (χ1n) is 5.60. The van der Waals surface area contributed by atoms with Gasteiger partial charge in [0, 0.05) is 18.5 Å². The van der Waals surface area contributed by atoms with Crippen LogP contribution in [0.2, 0.25) is 0 Å². The van der Waals surface area contributed by atoms with Gasteiger partial charge in [0.1, 0.15) is 5.69 Å². The van der Waals surface area contributed by atoms with Gasteiger partial charge in [-0.3, -0.25) is 0 Å². The van der Waals surface area contributed by atoms with Gasteiger partial charge >= 0.3 is 12.4 Å². The van der Waals surface area contributed by atoms with Crippen LogP contribution in [0.3, 0.4) is 0 Å². The van der Waals surface area contributed by atoms with Gasteiger partial charge in [-0.05, 0) is 12.5 Å². The molecule has 9 heteroatoms. The van der Waals surface area contributed by atoms with Crippen molar-refractivity contribution >= 4 is 0 Å². The SMILES string of the molecule is NCc1ccc(C(F)(F)F)nc1OCCCC(F)(F)F. The van der Waals surface area contributed by atoms with Crippen LogP contribution in [0.15, 0.2) is 12.1 Å². The first-order valence-corrected chi connectivity index (χ1v) is 5.60. The summed E-state index contributed by atoms with van der Waals surface area (Å²) in [6.07, 6.45) is -10.4. The molecular formula is C11H12F6N2O. The zero-order valence-corrected chi connectivity index (χ0v) is 10.2. The van der Waals surface area contributed by atoms with Gasteiger partial charge in [0.25, 0.3) is 0 Å². The molecule has 1 aromatic heterocycles. The monoisotopic (exact) mass is 302 g/mol.